The van der Waals surface area contributed by atoms with E-state index in [-0.39, 0.29) is 6.61 Å². The van der Waals surface area contributed by atoms with Crippen LogP contribution < -0.4 is 5.32 Å². The van der Waals surface area contributed by atoms with E-state index in [1.165, 1.54) is 0 Å². The molecule has 2 N–H and O–H groups in total. The number of aliphatic hydroxyl groups is 1. The van der Waals surface area contributed by atoms with Crippen LogP contribution in [-0.2, 0) is 0 Å². The molecule has 1 rings (SSSR count). The Kier molecular flexibility index (Phi) is 2.25. The number of hydrogen-bond donors (Lipinski definition) is 2. The van der Waals surface area contributed by atoms with E-state index in [9.17, 15) is 0 Å². The standard InChI is InChI=1S/C7H12N2O/c8-6-7(3-5-10)2-1-4-9-7/h9-10H,1-5H2. The van der Waals surface area contributed by atoms with Crippen molar-refractivity contribution in [1.29, 1.82) is 5.26 Å². The first-order valence-corrected chi connectivity index (χ1v) is 3.60. The van der Waals surface area contributed by atoms with Crippen LogP contribution in [0.25, 0.3) is 0 Å². The average molecular weight is 140 g/mol. The maximum Gasteiger partial charge on any atom is 0.109 e. The topological polar surface area (TPSA) is 56.0 Å². The molecule has 0 aromatic rings. The zero-order chi connectivity index (χ0) is 7.45. The largest absolute Gasteiger partial charge is 0.396 e. The summed E-state index contributed by atoms with van der Waals surface area (Å²) >= 11 is 0. The minimum absolute atomic E-state index is 0.0978. The molecule has 10 heavy (non-hydrogen) atoms. The van der Waals surface area contributed by atoms with Crippen molar-refractivity contribution in [2.75, 3.05) is 13.2 Å². The highest BCUT2D eigenvalue weighted by atomic mass is 16.3. The molecule has 1 atom stereocenters. The Morgan fingerprint density at radius 1 is 1.70 bits per heavy atom. The Hall–Kier alpha value is -0.590. The summed E-state index contributed by atoms with van der Waals surface area (Å²) in [6.45, 7) is 1.01. The van der Waals surface area contributed by atoms with Crippen LogP contribution in [-0.4, -0.2) is 23.8 Å². The fraction of sp³-hybridized carbons (Fsp3) is 0.857. The third kappa shape index (κ3) is 1.28. The van der Waals surface area contributed by atoms with Crippen molar-refractivity contribution >= 4 is 0 Å². The molecule has 0 bridgehead atoms. The predicted octanol–water partition coefficient (Wildman–Crippen LogP) is 0.0146. The predicted molar refractivity (Wildman–Crippen MR) is 37.3 cm³/mol. The fourth-order valence-electron chi connectivity index (χ4n) is 1.36. The highest BCUT2D eigenvalue weighted by Crippen LogP contribution is 2.21. The van der Waals surface area contributed by atoms with Gasteiger partial charge in [-0.3, -0.25) is 5.32 Å². The summed E-state index contributed by atoms with van der Waals surface area (Å²) in [7, 11) is 0. The van der Waals surface area contributed by atoms with Crippen molar-refractivity contribution < 1.29 is 5.11 Å². The highest BCUT2D eigenvalue weighted by molar-refractivity contribution is 5.09. The zero-order valence-corrected chi connectivity index (χ0v) is 5.93. The Balaban J connectivity index is 2.51. The SMILES string of the molecule is N#CC1(CCO)CCCN1. The summed E-state index contributed by atoms with van der Waals surface area (Å²) in [5.74, 6) is 0. The number of nitriles is 1. The van der Waals surface area contributed by atoms with Gasteiger partial charge in [0.25, 0.3) is 0 Å². The molecule has 1 aliphatic rings. The molecule has 1 fully saturated rings. The molecule has 0 aromatic heterocycles. The van der Waals surface area contributed by atoms with Crippen LogP contribution in [0, 0.1) is 11.3 Å². The van der Waals surface area contributed by atoms with Gasteiger partial charge in [0, 0.05) is 13.0 Å². The quantitative estimate of drug-likeness (QED) is 0.568. The molecule has 56 valence electrons. The fourth-order valence-corrected chi connectivity index (χ4v) is 1.36. The van der Waals surface area contributed by atoms with E-state index < -0.39 is 5.54 Å². The van der Waals surface area contributed by atoms with Crippen molar-refractivity contribution in [1.82, 2.24) is 5.32 Å². The molecular formula is C7H12N2O. The first-order valence-electron chi connectivity index (χ1n) is 3.60. The van der Waals surface area contributed by atoms with Gasteiger partial charge in [-0.2, -0.15) is 5.26 Å². The van der Waals surface area contributed by atoms with Gasteiger partial charge in [-0.05, 0) is 19.4 Å². The maximum absolute atomic E-state index is 8.72. The van der Waals surface area contributed by atoms with E-state index in [2.05, 4.69) is 11.4 Å². The molecule has 0 radical (unpaired) electrons. The van der Waals surface area contributed by atoms with Crippen LogP contribution in [0.15, 0.2) is 0 Å². The summed E-state index contributed by atoms with van der Waals surface area (Å²) in [5.41, 5.74) is -0.408. The van der Waals surface area contributed by atoms with E-state index in [4.69, 9.17) is 10.4 Å². The minimum atomic E-state index is -0.408. The molecule has 3 nitrogen and oxygen atoms in total. The van der Waals surface area contributed by atoms with Gasteiger partial charge in [0.2, 0.25) is 0 Å². The molecule has 1 aliphatic heterocycles. The Labute approximate surface area is 60.7 Å². The van der Waals surface area contributed by atoms with Crippen LogP contribution in [0.3, 0.4) is 0 Å². The summed E-state index contributed by atoms with van der Waals surface area (Å²) in [6.07, 6.45) is 2.49. The van der Waals surface area contributed by atoms with Gasteiger partial charge in [-0.25, -0.2) is 0 Å². The molecule has 0 saturated carbocycles. The van der Waals surface area contributed by atoms with Crippen molar-refractivity contribution in [3.05, 3.63) is 0 Å². The van der Waals surface area contributed by atoms with Gasteiger partial charge >= 0.3 is 0 Å². The molecule has 0 spiro atoms. The third-order valence-corrected chi connectivity index (χ3v) is 2.00. The average Bonchev–Trinajstić information content (AvgIpc) is 2.39. The van der Waals surface area contributed by atoms with Gasteiger partial charge in [0.1, 0.15) is 5.54 Å². The normalized spacial score (nSPS) is 32.0. The summed E-state index contributed by atoms with van der Waals surface area (Å²) in [4.78, 5) is 0. The first kappa shape index (κ1) is 7.52. The molecule has 0 aliphatic carbocycles. The number of rotatable bonds is 2. The van der Waals surface area contributed by atoms with Gasteiger partial charge in [0.05, 0.1) is 6.07 Å². The lowest BCUT2D eigenvalue weighted by molar-refractivity contribution is 0.250. The number of nitrogens with one attached hydrogen (secondary N) is 1. The summed E-state index contributed by atoms with van der Waals surface area (Å²) in [5, 5.41) is 20.5. The molecular weight excluding hydrogens is 128 g/mol. The van der Waals surface area contributed by atoms with Crippen LogP contribution in [0.1, 0.15) is 19.3 Å². The van der Waals surface area contributed by atoms with E-state index >= 15 is 0 Å². The van der Waals surface area contributed by atoms with Crippen molar-refractivity contribution in [3.63, 3.8) is 0 Å². The van der Waals surface area contributed by atoms with Crippen molar-refractivity contribution in [2.45, 2.75) is 24.8 Å². The number of aliphatic hydroxyl groups excluding tert-OH is 1. The molecule has 1 saturated heterocycles. The van der Waals surface area contributed by atoms with E-state index in [0.717, 1.165) is 19.4 Å². The van der Waals surface area contributed by atoms with Crippen molar-refractivity contribution in [2.24, 2.45) is 0 Å². The monoisotopic (exact) mass is 140 g/mol. The van der Waals surface area contributed by atoms with Crippen LogP contribution >= 0.6 is 0 Å². The van der Waals surface area contributed by atoms with E-state index in [1.807, 2.05) is 0 Å². The van der Waals surface area contributed by atoms with Crippen LogP contribution in [0.2, 0.25) is 0 Å². The zero-order valence-electron chi connectivity index (χ0n) is 5.93. The van der Waals surface area contributed by atoms with E-state index in [1.54, 1.807) is 0 Å². The van der Waals surface area contributed by atoms with Crippen LogP contribution in [0.5, 0.6) is 0 Å². The van der Waals surface area contributed by atoms with Gasteiger partial charge < -0.3 is 5.11 Å². The van der Waals surface area contributed by atoms with E-state index in [0.29, 0.717) is 6.42 Å². The molecule has 0 amide bonds. The first-order chi connectivity index (χ1) is 4.83. The lowest BCUT2D eigenvalue weighted by atomic mass is 9.96. The second-order valence-electron chi connectivity index (χ2n) is 2.70. The maximum atomic E-state index is 8.72. The third-order valence-electron chi connectivity index (χ3n) is 2.00. The van der Waals surface area contributed by atoms with Crippen molar-refractivity contribution in [3.8, 4) is 6.07 Å². The molecule has 3 heteroatoms. The summed E-state index contributed by atoms with van der Waals surface area (Å²) < 4.78 is 0. The van der Waals surface area contributed by atoms with Gasteiger partial charge in [0.15, 0.2) is 0 Å². The lowest BCUT2D eigenvalue weighted by Gasteiger charge is -2.18. The second kappa shape index (κ2) is 3.00. The highest BCUT2D eigenvalue weighted by Gasteiger charge is 2.32. The Morgan fingerprint density at radius 3 is 2.90 bits per heavy atom. The minimum Gasteiger partial charge on any atom is -0.396 e. The number of nitrogens with zero attached hydrogens (tertiary/aromatic N) is 1. The Morgan fingerprint density at radius 2 is 2.50 bits per heavy atom. The Bertz CT molecular complexity index is 144. The summed E-state index contributed by atoms with van der Waals surface area (Å²) in [6, 6.07) is 2.21. The molecule has 1 heterocycles. The molecule has 0 aromatic carbocycles. The number of hydrogen-bond acceptors (Lipinski definition) is 3. The smallest absolute Gasteiger partial charge is 0.109 e. The lowest BCUT2D eigenvalue weighted by Crippen LogP contribution is -2.38. The van der Waals surface area contributed by atoms with Gasteiger partial charge in [-0.1, -0.05) is 0 Å². The second-order valence-corrected chi connectivity index (χ2v) is 2.70. The molecule has 1 unspecified atom stereocenters. The van der Waals surface area contributed by atoms with Gasteiger partial charge in [-0.15, -0.1) is 0 Å². The van der Waals surface area contributed by atoms with Crippen LogP contribution in [0.4, 0.5) is 0 Å².